The Labute approximate surface area is 220 Å². The molecule has 2 N–H and O–H groups in total. The normalized spacial score (nSPS) is 31.5. The summed E-state index contributed by atoms with van der Waals surface area (Å²) in [5, 5.41) is 5.50. The van der Waals surface area contributed by atoms with Crippen molar-refractivity contribution in [2.75, 3.05) is 11.5 Å². The Morgan fingerprint density at radius 3 is 2.35 bits per heavy atom. The van der Waals surface area contributed by atoms with Gasteiger partial charge in [0.05, 0.1) is 22.2 Å². The molecule has 9 nitrogen and oxygen atoms in total. The summed E-state index contributed by atoms with van der Waals surface area (Å²) in [7, 11) is -3.63. The Hall–Kier alpha value is -2.24. The highest BCUT2D eigenvalue weighted by molar-refractivity contribution is 8.00. The fourth-order valence-corrected chi connectivity index (χ4v) is 9.92. The number of carbonyl (C=O) groups excluding carboxylic acids is 2. The second kappa shape index (κ2) is 8.91. The topological polar surface area (TPSA) is 132 Å². The Bertz CT molecular complexity index is 1430. The van der Waals surface area contributed by atoms with E-state index in [0.717, 1.165) is 19.3 Å². The number of piperidine rings is 1. The third kappa shape index (κ3) is 4.32. The molecule has 1 aromatic carbocycles. The van der Waals surface area contributed by atoms with Crippen molar-refractivity contribution in [1.29, 1.82) is 0 Å². The number of amides is 2. The van der Waals surface area contributed by atoms with E-state index in [9.17, 15) is 22.8 Å². The van der Waals surface area contributed by atoms with Gasteiger partial charge in [0.1, 0.15) is 11.9 Å². The molecule has 0 spiro atoms. The SMILES string of the molecule is Cc1nc2cccc(SCCS(N)(=O)=O)c2c(=O)n1C1CCC(=O)N(C23CC4CC(CC(C4)C2)C3)C1=O. The van der Waals surface area contributed by atoms with E-state index in [4.69, 9.17) is 5.14 Å². The van der Waals surface area contributed by atoms with Crippen molar-refractivity contribution < 1.29 is 18.0 Å². The van der Waals surface area contributed by atoms with Crippen molar-refractivity contribution in [2.24, 2.45) is 22.9 Å². The lowest BCUT2D eigenvalue weighted by Crippen LogP contribution is -2.65. The molecule has 4 aliphatic carbocycles. The largest absolute Gasteiger partial charge is 0.284 e. The van der Waals surface area contributed by atoms with E-state index in [-0.39, 0.29) is 41.7 Å². The second-order valence-electron chi connectivity index (χ2n) is 11.5. The van der Waals surface area contributed by atoms with Crippen LogP contribution in [-0.2, 0) is 19.6 Å². The molecule has 37 heavy (non-hydrogen) atoms. The minimum atomic E-state index is -3.63. The van der Waals surface area contributed by atoms with Crippen LogP contribution in [0.1, 0.15) is 63.2 Å². The van der Waals surface area contributed by atoms with Gasteiger partial charge in [0, 0.05) is 17.1 Å². The number of nitrogens with two attached hydrogens (primary N) is 1. The van der Waals surface area contributed by atoms with E-state index in [1.54, 1.807) is 30.0 Å². The number of nitrogens with zero attached hydrogens (tertiary/aromatic N) is 3. The molecule has 198 valence electrons. The third-order valence-corrected chi connectivity index (χ3v) is 11.0. The van der Waals surface area contributed by atoms with Gasteiger partial charge in [-0.2, -0.15) is 0 Å². The lowest BCUT2D eigenvalue weighted by Gasteiger charge is -2.60. The van der Waals surface area contributed by atoms with Gasteiger partial charge in [-0.25, -0.2) is 18.5 Å². The molecule has 0 radical (unpaired) electrons. The first-order valence-electron chi connectivity index (χ1n) is 13.1. The smallest absolute Gasteiger partial charge is 0.263 e. The van der Waals surface area contributed by atoms with Gasteiger partial charge in [0.25, 0.3) is 11.5 Å². The number of fused-ring (bicyclic) bond motifs is 1. The zero-order chi connectivity index (χ0) is 26.1. The second-order valence-corrected chi connectivity index (χ2v) is 14.3. The molecule has 4 bridgehead atoms. The van der Waals surface area contributed by atoms with E-state index in [1.807, 2.05) is 0 Å². The molecule has 2 aromatic rings. The van der Waals surface area contributed by atoms with Crippen molar-refractivity contribution in [3.05, 3.63) is 34.4 Å². The monoisotopic (exact) mass is 544 g/mol. The highest BCUT2D eigenvalue weighted by atomic mass is 32.2. The Balaban J connectivity index is 1.38. The van der Waals surface area contributed by atoms with Crippen LogP contribution in [0.3, 0.4) is 0 Å². The molecule has 2 amide bonds. The van der Waals surface area contributed by atoms with Gasteiger partial charge in [0.2, 0.25) is 15.9 Å². The molecule has 5 aliphatic rings. The van der Waals surface area contributed by atoms with Crippen LogP contribution < -0.4 is 10.7 Å². The number of sulfonamides is 1. The minimum Gasteiger partial charge on any atom is -0.284 e. The molecule has 7 rings (SSSR count). The van der Waals surface area contributed by atoms with Gasteiger partial charge < -0.3 is 0 Å². The number of primary sulfonamides is 1. The number of rotatable bonds is 6. The van der Waals surface area contributed by atoms with Gasteiger partial charge >= 0.3 is 0 Å². The van der Waals surface area contributed by atoms with E-state index < -0.39 is 21.6 Å². The number of thioether (sulfide) groups is 1. The number of hydrogen-bond donors (Lipinski definition) is 1. The first-order valence-corrected chi connectivity index (χ1v) is 15.8. The molecule has 5 fully saturated rings. The van der Waals surface area contributed by atoms with E-state index in [0.29, 0.717) is 39.4 Å². The van der Waals surface area contributed by atoms with E-state index in [2.05, 4.69) is 4.98 Å². The molecule has 1 atom stereocenters. The quantitative estimate of drug-likeness (QED) is 0.437. The van der Waals surface area contributed by atoms with E-state index >= 15 is 0 Å². The molecular weight excluding hydrogens is 512 g/mol. The molecule has 4 saturated carbocycles. The average Bonchev–Trinajstić information content (AvgIpc) is 2.78. The predicted molar refractivity (Wildman–Crippen MR) is 140 cm³/mol. The summed E-state index contributed by atoms with van der Waals surface area (Å²) in [6.45, 7) is 1.72. The van der Waals surface area contributed by atoms with Crippen molar-refractivity contribution >= 4 is 44.5 Å². The summed E-state index contributed by atoms with van der Waals surface area (Å²) < 4.78 is 24.3. The van der Waals surface area contributed by atoms with Crippen LogP contribution in [-0.4, -0.2) is 51.7 Å². The molecule has 1 aliphatic heterocycles. The minimum absolute atomic E-state index is 0.109. The summed E-state index contributed by atoms with van der Waals surface area (Å²) in [6.07, 6.45) is 6.78. The summed E-state index contributed by atoms with van der Waals surface area (Å²) in [6, 6.07) is 4.49. The number of hydrogen-bond acceptors (Lipinski definition) is 7. The number of carbonyl (C=O) groups is 2. The highest BCUT2D eigenvalue weighted by Crippen LogP contribution is 2.58. The lowest BCUT2D eigenvalue weighted by atomic mass is 9.52. The fraction of sp³-hybridized carbons (Fsp3) is 0.615. The zero-order valence-corrected chi connectivity index (χ0v) is 22.5. The Morgan fingerprint density at radius 1 is 1.08 bits per heavy atom. The maximum atomic E-state index is 14.1. The van der Waals surface area contributed by atoms with Crippen LogP contribution in [0.2, 0.25) is 0 Å². The van der Waals surface area contributed by atoms with Crippen LogP contribution in [0.5, 0.6) is 0 Å². The van der Waals surface area contributed by atoms with Gasteiger partial charge in [0.15, 0.2) is 0 Å². The summed E-state index contributed by atoms with van der Waals surface area (Å²) in [5.74, 6) is 1.77. The maximum Gasteiger partial charge on any atom is 0.263 e. The number of benzene rings is 1. The summed E-state index contributed by atoms with van der Waals surface area (Å²) in [5.41, 5.74) is -0.242. The molecule has 1 saturated heterocycles. The van der Waals surface area contributed by atoms with Gasteiger partial charge in [-0.15, -0.1) is 11.8 Å². The van der Waals surface area contributed by atoms with Crippen LogP contribution in [0, 0.1) is 24.7 Å². The van der Waals surface area contributed by atoms with Crippen molar-refractivity contribution in [3.63, 3.8) is 0 Å². The molecule has 1 aromatic heterocycles. The first-order chi connectivity index (χ1) is 17.5. The van der Waals surface area contributed by atoms with Crippen LogP contribution in [0.15, 0.2) is 27.9 Å². The zero-order valence-electron chi connectivity index (χ0n) is 20.9. The molecule has 11 heteroatoms. The molecular formula is C26H32N4O5S2. The first kappa shape index (κ1) is 25.1. The van der Waals surface area contributed by atoms with E-state index in [1.165, 1.54) is 35.6 Å². The summed E-state index contributed by atoms with van der Waals surface area (Å²) in [4.78, 5) is 48.1. The van der Waals surface area contributed by atoms with Crippen LogP contribution in [0.4, 0.5) is 0 Å². The number of likely N-dealkylation sites (tertiary alicyclic amines) is 1. The number of aryl methyl sites for hydroxylation is 1. The molecule has 1 unspecified atom stereocenters. The van der Waals surface area contributed by atoms with Gasteiger partial charge in [-0.1, -0.05) is 6.07 Å². The van der Waals surface area contributed by atoms with Crippen LogP contribution in [0.25, 0.3) is 10.9 Å². The Kier molecular flexibility index (Phi) is 6.04. The Morgan fingerprint density at radius 2 is 1.73 bits per heavy atom. The standard InChI is InChI=1S/C26H32N4O5S2/c1-15-28-19-3-2-4-21(36-7-8-37(27,34)35)23(19)25(33)29(15)20-5-6-22(31)30(24(20)32)26-12-16-9-17(13-26)11-18(10-16)14-26/h2-4,16-18,20H,5-14H2,1H3,(H2,27,34,35). The van der Waals surface area contributed by atoms with Crippen molar-refractivity contribution in [3.8, 4) is 0 Å². The van der Waals surface area contributed by atoms with Crippen molar-refractivity contribution in [1.82, 2.24) is 14.5 Å². The van der Waals surface area contributed by atoms with Gasteiger partial charge in [-0.05, 0) is 81.8 Å². The predicted octanol–water partition coefficient (Wildman–Crippen LogP) is 2.74. The molecule has 2 heterocycles. The maximum absolute atomic E-state index is 14.1. The number of imide groups is 1. The average molecular weight is 545 g/mol. The van der Waals surface area contributed by atoms with Gasteiger partial charge in [-0.3, -0.25) is 23.9 Å². The highest BCUT2D eigenvalue weighted by Gasteiger charge is 2.58. The lowest BCUT2D eigenvalue weighted by molar-refractivity contribution is -0.171. The van der Waals surface area contributed by atoms with Crippen LogP contribution >= 0.6 is 11.8 Å². The summed E-state index contributed by atoms with van der Waals surface area (Å²) >= 11 is 1.23. The third-order valence-electron chi connectivity index (χ3n) is 8.87. The number of aromatic nitrogens is 2. The van der Waals surface area contributed by atoms with Crippen molar-refractivity contribution in [2.45, 2.75) is 74.8 Å². The fourth-order valence-electron chi connectivity index (χ4n) is 7.92.